The number of hydrogen-bond acceptors (Lipinski definition) is 3. The lowest BCUT2D eigenvalue weighted by Gasteiger charge is -2.15. The summed E-state index contributed by atoms with van der Waals surface area (Å²) >= 11 is 0. The van der Waals surface area contributed by atoms with E-state index >= 15 is 0 Å². The standard InChI is InChI=1S/C19H22N2O3/c1-13(19(23)24)21-18(22)17(20)12-16-9-7-15(8-10-16)11-14-5-3-2-4-6-14/h2-10,13,17H,11-12,20H2,1H3,(H,21,22)(H,23,24)/t13-,17-/m0/s1. The zero-order valence-corrected chi connectivity index (χ0v) is 13.6. The first kappa shape index (κ1) is 17.7. The van der Waals surface area contributed by atoms with Crippen molar-refractivity contribution < 1.29 is 14.7 Å². The molecule has 5 nitrogen and oxygen atoms in total. The highest BCUT2D eigenvalue weighted by atomic mass is 16.4. The first-order valence-electron chi connectivity index (χ1n) is 7.86. The van der Waals surface area contributed by atoms with Crippen molar-refractivity contribution in [3.05, 3.63) is 71.3 Å². The van der Waals surface area contributed by atoms with Crippen LogP contribution in [-0.4, -0.2) is 29.1 Å². The molecule has 1 amide bonds. The van der Waals surface area contributed by atoms with E-state index in [1.807, 2.05) is 42.5 Å². The maximum atomic E-state index is 11.9. The van der Waals surface area contributed by atoms with Gasteiger partial charge in [0.1, 0.15) is 6.04 Å². The van der Waals surface area contributed by atoms with E-state index in [0.29, 0.717) is 6.42 Å². The summed E-state index contributed by atoms with van der Waals surface area (Å²) in [6.45, 7) is 1.41. The Labute approximate surface area is 141 Å². The summed E-state index contributed by atoms with van der Waals surface area (Å²) in [7, 11) is 0. The second kappa shape index (κ2) is 8.26. The summed E-state index contributed by atoms with van der Waals surface area (Å²) in [6.07, 6.45) is 1.22. The third-order valence-corrected chi connectivity index (χ3v) is 3.80. The van der Waals surface area contributed by atoms with Crippen molar-refractivity contribution in [1.29, 1.82) is 0 Å². The normalized spacial score (nSPS) is 13.1. The van der Waals surface area contributed by atoms with Crippen LogP contribution in [0.3, 0.4) is 0 Å². The van der Waals surface area contributed by atoms with Gasteiger partial charge in [-0.05, 0) is 36.5 Å². The molecule has 0 bridgehead atoms. The number of nitrogens with two attached hydrogens (primary N) is 1. The van der Waals surface area contributed by atoms with Gasteiger partial charge in [-0.25, -0.2) is 0 Å². The van der Waals surface area contributed by atoms with Gasteiger partial charge < -0.3 is 16.2 Å². The van der Waals surface area contributed by atoms with Crippen LogP contribution >= 0.6 is 0 Å². The monoisotopic (exact) mass is 326 g/mol. The van der Waals surface area contributed by atoms with E-state index in [1.165, 1.54) is 18.1 Å². The Kier molecular flexibility index (Phi) is 6.09. The van der Waals surface area contributed by atoms with Crippen LogP contribution in [0.5, 0.6) is 0 Å². The van der Waals surface area contributed by atoms with Gasteiger partial charge in [-0.3, -0.25) is 9.59 Å². The minimum atomic E-state index is -1.08. The Morgan fingerprint density at radius 1 is 1.00 bits per heavy atom. The number of aliphatic carboxylic acids is 1. The van der Waals surface area contributed by atoms with Crippen molar-refractivity contribution in [2.75, 3.05) is 0 Å². The third kappa shape index (κ3) is 5.21. The Morgan fingerprint density at radius 3 is 2.12 bits per heavy atom. The molecule has 0 aromatic heterocycles. The van der Waals surface area contributed by atoms with Crippen molar-refractivity contribution in [3.8, 4) is 0 Å². The minimum Gasteiger partial charge on any atom is -0.480 e. The number of amides is 1. The summed E-state index contributed by atoms with van der Waals surface area (Å²) in [4.78, 5) is 22.6. The van der Waals surface area contributed by atoms with Gasteiger partial charge in [-0.15, -0.1) is 0 Å². The average Bonchev–Trinajstić information content (AvgIpc) is 2.57. The second-order valence-electron chi connectivity index (χ2n) is 5.86. The van der Waals surface area contributed by atoms with E-state index in [0.717, 1.165) is 12.0 Å². The van der Waals surface area contributed by atoms with Gasteiger partial charge in [0.15, 0.2) is 0 Å². The highest BCUT2D eigenvalue weighted by Crippen LogP contribution is 2.11. The lowest BCUT2D eigenvalue weighted by atomic mass is 10.0. The van der Waals surface area contributed by atoms with E-state index < -0.39 is 24.0 Å². The van der Waals surface area contributed by atoms with Crippen LogP contribution in [0.1, 0.15) is 23.6 Å². The highest BCUT2D eigenvalue weighted by molar-refractivity contribution is 5.86. The van der Waals surface area contributed by atoms with Crippen LogP contribution in [-0.2, 0) is 22.4 Å². The molecule has 0 heterocycles. The molecule has 2 aromatic rings. The quantitative estimate of drug-likeness (QED) is 0.722. The Bertz CT molecular complexity index is 684. The molecule has 5 heteroatoms. The predicted octanol–water partition coefficient (Wildman–Crippen LogP) is 1.74. The molecule has 2 rings (SSSR count). The maximum absolute atomic E-state index is 11.9. The summed E-state index contributed by atoms with van der Waals surface area (Å²) in [6, 6.07) is 16.4. The molecule has 0 radical (unpaired) electrons. The number of carboxylic acids is 1. The van der Waals surface area contributed by atoms with Gasteiger partial charge >= 0.3 is 5.97 Å². The van der Waals surface area contributed by atoms with Crippen molar-refractivity contribution in [3.63, 3.8) is 0 Å². The first-order chi connectivity index (χ1) is 11.5. The number of hydrogen-bond donors (Lipinski definition) is 3. The van der Waals surface area contributed by atoms with Crippen LogP contribution < -0.4 is 11.1 Å². The Balaban J connectivity index is 1.91. The molecule has 0 aliphatic heterocycles. The predicted molar refractivity (Wildman–Crippen MR) is 92.6 cm³/mol. The number of rotatable bonds is 7. The van der Waals surface area contributed by atoms with Gasteiger partial charge in [0.25, 0.3) is 0 Å². The fourth-order valence-corrected chi connectivity index (χ4v) is 2.35. The van der Waals surface area contributed by atoms with E-state index in [1.54, 1.807) is 0 Å². The number of benzene rings is 2. The summed E-state index contributed by atoms with van der Waals surface area (Å²) in [5.41, 5.74) is 9.22. The summed E-state index contributed by atoms with van der Waals surface area (Å²) in [5.74, 6) is -1.54. The van der Waals surface area contributed by atoms with Gasteiger partial charge in [0.2, 0.25) is 5.91 Å². The van der Waals surface area contributed by atoms with Crippen molar-refractivity contribution in [2.45, 2.75) is 31.8 Å². The molecule has 0 saturated heterocycles. The molecule has 2 atom stereocenters. The third-order valence-electron chi connectivity index (χ3n) is 3.80. The van der Waals surface area contributed by atoms with Crippen LogP contribution in [0.4, 0.5) is 0 Å². The van der Waals surface area contributed by atoms with Gasteiger partial charge in [0, 0.05) is 0 Å². The molecule has 0 aliphatic carbocycles. The SMILES string of the molecule is C[C@H](NC(=O)[C@@H](N)Cc1ccc(Cc2ccccc2)cc1)C(=O)O. The fourth-order valence-electron chi connectivity index (χ4n) is 2.35. The first-order valence-corrected chi connectivity index (χ1v) is 7.86. The number of carbonyl (C=O) groups excluding carboxylic acids is 1. The molecule has 0 aliphatic rings. The zero-order valence-electron chi connectivity index (χ0n) is 13.6. The molecule has 24 heavy (non-hydrogen) atoms. The van der Waals surface area contributed by atoms with Crippen molar-refractivity contribution in [2.24, 2.45) is 5.73 Å². The largest absolute Gasteiger partial charge is 0.480 e. The molecule has 0 fully saturated rings. The van der Waals surface area contributed by atoms with E-state index in [4.69, 9.17) is 10.8 Å². The van der Waals surface area contributed by atoms with Crippen molar-refractivity contribution >= 4 is 11.9 Å². The summed E-state index contributed by atoms with van der Waals surface area (Å²) in [5, 5.41) is 11.2. The van der Waals surface area contributed by atoms with Crippen molar-refractivity contribution in [1.82, 2.24) is 5.32 Å². The summed E-state index contributed by atoms with van der Waals surface area (Å²) < 4.78 is 0. The molecule has 126 valence electrons. The molecule has 0 saturated carbocycles. The minimum absolute atomic E-state index is 0.365. The fraction of sp³-hybridized carbons (Fsp3) is 0.263. The topological polar surface area (TPSA) is 92.4 Å². The van der Waals surface area contributed by atoms with Crippen LogP contribution in [0.25, 0.3) is 0 Å². The molecule has 0 unspecified atom stereocenters. The number of carbonyl (C=O) groups is 2. The van der Waals surface area contributed by atoms with Crippen LogP contribution in [0.15, 0.2) is 54.6 Å². The number of nitrogens with one attached hydrogen (secondary N) is 1. The van der Waals surface area contributed by atoms with E-state index in [2.05, 4.69) is 17.4 Å². The molecule has 0 spiro atoms. The average molecular weight is 326 g/mol. The second-order valence-corrected chi connectivity index (χ2v) is 5.86. The molecule has 2 aromatic carbocycles. The lowest BCUT2D eigenvalue weighted by Crippen LogP contribution is -2.48. The maximum Gasteiger partial charge on any atom is 0.325 e. The number of carboxylic acid groups (broad SMARTS) is 1. The Hall–Kier alpha value is -2.66. The molecular weight excluding hydrogens is 304 g/mol. The Morgan fingerprint density at radius 2 is 1.54 bits per heavy atom. The van der Waals surface area contributed by atoms with Gasteiger partial charge in [0.05, 0.1) is 6.04 Å². The van der Waals surface area contributed by atoms with Gasteiger partial charge in [-0.2, -0.15) is 0 Å². The van der Waals surface area contributed by atoms with Gasteiger partial charge in [-0.1, -0.05) is 54.6 Å². The zero-order chi connectivity index (χ0) is 17.5. The van der Waals surface area contributed by atoms with E-state index in [-0.39, 0.29) is 0 Å². The molecule has 4 N–H and O–H groups in total. The smallest absolute Gasteiger partial charge is 0.325 e. The van der Waals surface area contributed by atoms with E-state index in [9.17, 15) is 9.59 Å². The lowest BCUT2D eigenvalue weighted by molar-refractivity contribution is -0.141. The molecular formula is C19H22N2O3. The van der Waals surface area contributed by atoms with Crippen LogP contribution in [0, 0.1) is 0 Å². The highest BCUT2D eigenvalue weighted by Gasteiger charge is 2.19. The van der Waals surface area contributed by atoms with Crippen LogP contribution in [0.2, 0.25) is 0 Å².